The van der Waals surface area contributed by atoms with E-state index in [4.69, 9.17) is 4.42 Å². The first-order valence-electron chi connectivity index (χ1n) is 5.45. The van der Waals surface area contributed by atoms with Gasteiger partial charge in [0.25, 0.3) is 0 Å². The summed E-state index contributed by atoms with van der Waals surface area (Å²) in [6, 6.07) is 5.35. The number of rotatable bonds is 3. The molecule has 1 atom stereocenters. The highest BCUT2D eigenvalue weighted by Gasteiger charge is 2.10. The SMILES string of the molecule is CCCn1c(=O)oc2cc([C@H](C)O)ccc21. The monoisotopic (exact) mass is 221 g/mol. The molecule has 1 heterocycles. The summed E-state index contributed by atoms with van der Waals surface area (Å²) in [5, 5.41) is 9.44. The van der Waals surface area contributed by atoms with E-state index in [1.165, 1.54) is 0 Å². The lowest BCUT2D eigenvalue weighted by atomic mass is 10.1. The van der Waals surface area contributed by atoms with Crippen LogP contribution in [-0.4, -0.2) is 9.67 Å². The van der Waals surface area contributed by atoms with Gasteiger partial charge in [-0.3, -0.25) is 4.57 Å². The summed E-state index contributed by atoms with van der Waals surface area (Å²) in [5.41, 5.74) is 2.08. The fraction of sp³-hybridized carbons (Fsp3) is 0.417. The van der Waals surface area contributed by atoms with Crippen LogP contribution in [0.25, 0.3) is 11.1 Å². The van der Waals surface area contributed by atoms with Crippen LogP contribution in [0.15, 0.2) is 27.4 Å². The van der Waals surface area contributed by atoms with E-state index in [2.05, 4.69) is 0 Å². The summed E-state index contributed by atoms with van der Waals surface area (Å²) >= 11 is 0. The number of fused-ring (bicyclic) bond motifs is 1. The van der Waals surface area contributed by atoms with Gasteiger partial charge in [-0.2, -0.15) is 0 Å². The molecule has 0 spiro atoms. The van der Waals surface area contributed by atoms with E-state index in [9.17, 15) is 9.90 Å². The van der Waals surface area contributed by atoms with Crippen LogP contribution < -0.4 is 5.76 Å². The molecule has 0 unspecified atom stereocenters. The number of hydrogen-bond acceptors (Lipinski definition) is 3. The summed E-state index contributed by atoms with van der Waals surface area (Å²) in [7, 11) is 0. The van der Waals surface area contributed by atoms with Gasteiger partial charge in [0.1, 0.15) is 0 Å². The van der Waals surface area contributed by atoms with Crippen molar-refractivity contribution < 1.29 is 9.52 Å². The van der Waals surface area contributed by atoms with Gasteiger partial charge in [0.05, 0.1) is 11.6 Å². The molecule has 0 saturated carbocycles. The van der Waals surface area contributed by atoms with E-state index in [1.807, 2.05) is 19.1 Å². The minimum atomic E-state index is -0.552. The third-order valence-electron chi connectivity index (χ3n) is 2.62. The van der Waals surface area contributed by atoms with E-state index in [0.717, 1.165) is 17.5 Å². The molecule has 2 rings (SSSR count). The van der Waals surface area contributed by atoms with Crippen molar-refractivity contribution in [2.45, 2.75) is 32.9 Å². The van der Waals surface area contributed by atoms with E-state index in [1.54, 1.807) is 17.6 Å². The van der Waals surface area contributed by atoms with Gasteiger partial charge in [-0.25, -0.2) is 4.79 Å². The highest BCUT2D eigenvalue weighted by Crippen LogP contribution is 2.19. The number of aromatic nitrogens is 1. The molecule has 0 radical (unpaired) electrons. The quantitative estimate of drug-likeness (QED) is 0.863. The Bertz CT molecular complexity index is 551. The molecule has 0 aliphatic rings. The summed E-state index contributed by atoms with van der Waals surface area (Å²) in [5.74, 6) is -0.334. The number of benzene rings is 1. The largest absolute Gasteiger partial charge is 0.419 e. The zero-order valence-electron chi connectivity index (χ0n) is 9.43. The van der Waals surface area contributed by atoms with Crippen molar-refractivity contribution in [1.82, 2.24) is 4.57 Å². The van der Waals surface area contributed by atoms with Crippen LogP contribution in [0.1, 0.15) is 31.9 Å². The van der Waals surface area contributed by atoms with Crippen LogP contribution in [0.4, 0.5) is 0 Å². The van der Waals surface area contributed by atoms with Crippen molar-refractivity contribution in [3.63, 3.8) is 0 Å². The van der Waals surface area contributed by atoms with Gasteiger partial charge in [0.2, 0.25) is 0 Å². The van der Waals surface area contributed by atoms with Crippen LogP contribution in [0.5, 0.6) is 0 Å². The Morgan fingerprint density at radius 2 is 2.25 bits per heavy atom. The van der Waals surface area contributed by atoms with E-state index in [0.29, 0.717) is 12.1 Å². The molecule has 2 aromatic rings. The first-order chi connectivity index (χ1) is 7.63. The number of aliphatic hydroxyl groups excluding tert-OH is 1. The average Bonchev–Trinajstić information content (AvgIpc) is 2.55. The zero-order chi connectivity index (χ0) is 11.7. The Hall–Kier alpha value is -1.55. The van der Waals surface area contributed by atoms with Crippen molar-refractivity contribution in [2.75, 3.05) is 0 Å². The Morgan fingerprint density at radius 1 is 1.50 bits per heavy atom. The molecule has 0 fully saturated rings. The zero-order valence-corrected chi connectivity index (χ0v) is 9.43. The summed E-state index contributed by atoms with van der Waals surface area (Å²) < 4.78 is 6.75. The first-order valence-corrected chi connectivity index (χ1v) is 5.45. The Labute approximate surface area is 93.1 Å². The Morgan fingerprint density at radius 3 is 2.88 bits per heavy atom. The maximum absolute atomic E-state index is 11.5. The van der Waals surface area contributed by atoms with Crippen molar-refractivity contribution >= 4 is 11.1 Å². The lowest BCUT2D eigenvalue weighted by molar-refractivity contribution is 0.199. The van der Waals surface area contributed by atoms with Gasteiger partial charge < -0.3 is 9.52 Å². The molecular formula is C12H15NO3. The molecule has 0 aliphatic heterocycles. The molecule has 0 bridgehead atoms. The van der Waals surface area contributed by atoms with Crippen LogP contribution in [0, 0.1) is 0 Å². The van der Waals surface area contributed by atoms with Gasteiger partial charge in [-0.15, -0.1) is 0 Å². The molecule has 1 aromatic carbocycles. The summed E-state index contributed by atoms with van der Waals surface area (Å²) in [6.45, 7) is 4.34. The van der Waals surface area contributed by atoms with E-state index >= 15 is 0 Å². The average molecular weight is 221 g/mol. The number of aliphatic hydroxyl groups is 1. The molecule has 1 aromatic heterocycles. The summed E-state index contributed by atoms with van der Waals surface area (Å²) in [6.07, 6.45) is 0.330. The molecule has 16 heavy (non-hydrogen) atoms. The van der Waals surface area contributed by atoms with Crippen LogP contribution in [0.3, 0.4) is 0 Å². The second-order valence-corrected chi connectivity index (χ2v) is 3.92. The van der Waals surface area contributed by atoms with E-state index in [-0.39, 0.29) is 5.76 Å². The van der Waals surface area contributed by atoms with Gasteiger partial charge in [0.15, 0.2) is 5.58 Å². The van der Waals surface area contributed by atoms with Gasteiger partial charge in [0, 0.05) is 6.54 Å². The maximum Gasteiger partial charge on any atom is 0.419 e. The van der Waals surface area contributed by atoms with Gasteiger partial charge in [-0.1, -0.05) is 13.0 Å². The standard InChI is InChI=1S/C12H15NO3/c1-3-6-13-10-5-4-9(8(2)14)7-11(10)16-12(13)15/h4-5,7-8,14H,3,6H2,1-2H3/t8-/m0/s1. The number of nitrogens with zero attached hydrogens (tertiary/aromatic N) is 1. The van der Waals surface area contributed by atoms with Crippen molar-refractivity contribution in [3.05, 3.63) is 34.3 Å². The highest BCUT2D eigenvalue weighted by atomic mass is 16.4. The lowest BCUT2D eigenvalue weighted by Crippen LogP contribution is -2.13. The summed E-state index contributed by atoms with van der Waals surface area (Å²) in [4.78, 5) is 11.5. The Kier molecular flexibility index (Phi) is 2.83. The smallest absolute Gasteiger partial charge is 0.408 e. The second kappa shape index (κ2) is 4.14. The van der Waals surface area contributed by atoms with Gasteiger partial charge >= 0.3 is 5.76 Å². The molecule has 4 heteroatoms. The molecule has 0 saturated heterocycles. The first kappa shape index (κ1) is 11.0. The fourth-order valence-electron chi connectivity index (χ4n) is 1.78. The number of hydrogen-bond donors (Lipinski definition) is 1. The van der Waals surface area contributed by atoms with Crippen molar-refractivity contribution in [3.8, 4) is 0 Å². The van der Waals surface area contributed by atoms with Crippen molar-refractivity contribution in [2.24, 2.45) is 0 Å². The second-order valence-electron chi connectivity index (χ2n) is 3.92. The predicted octanol–water partition coefficient (Wildman–Crippen LogP) is 2.06. The minimum absolute atomic E-state index is 0.334. The normalized spacial score (nSPS) is 13.2. The van der Waals surface area contributed by atoms with E-state index < -0.39 is 6.10 Å². The fourth-order valence-corrected chi connectivity index (χ4v) is 1.78. The molecule has 1 N–H and O–H groups in total. The third kappa shape index (κ3) is 1.76. The highest BCUT2D eigenvalue weighted by molar-refractivity contribution is 5.73. The molecule has 0 amide bonds. The Balaban J connectivity index is 2.60. The third-order valence-corrected chi connectivity index (χ3v) is 2.62. The molecule has 86 valence electrons. The predicted molar refractivity (Wildman–Crippen MR) is 61.4 cm³/mol. The minimum Gasteiger partial charge on any atom is -0.408 e. The molecule has 4 nitrogen and oxygen atoms in total. The van der Waals surface area contributed by atoms with Crippen LogP contribution >= 0.6 is 0 Å². The van der Waals surface area contributed by atoms with Gasteiger partial charge in [-0.05, 0) is 31.0 Å². The number of aryl methyl sites for hydroxylation is 1. The molecular weight excluding hydrogens is 206 g/mol. The maximum atomic E-state index is 11.5. The van der Waals surface area contributed by atoms with Crippen molar-refractivity contribution in [1.29, 1.82) is 0 Å². The topological polar surface area (TPSA) is 55.4 Å². The van der Waals surface area contributed by atoms with Crippen LogP contribution in [-0.2, 0) is 6.54 Å². The number of oxazole rings is 1. The van der Waals surface area contributed by atoms with Crippen LogP contribution in [0.2, 0.25) is 0 Å². The molecule has 0 aliphatic carbocycles. The lowest BCUT2D eigenvalue weighted by Gasteiger charge is -2.03.